The molecule has 0 amide bonds. The summed E-state index contributed by atoms with van der Waals surface area (Å²) in [6, 6.07) is 32.7. The first kappa shape index (κ1) is 19.0. The molecule has 3 nitrogen and oxygen atoms in total. The molecule has 41 heavy (non-hydrogen) atoms. The standard InChI is InChI=1S/C37H22ClN3/c38-37-40-35(29-15-13-27-20-26(11-12-28(27)21-29)23-6-2-1-3-7-23)39-36(41-37)30-14-10-25-17-18-32-31-9-5-4-8-24(31)16-19-33(32)34(25)22-30/h1-22H/i1D,2D,3D,6D,7D. The predicted molar refractivity (Wildman–Crippen MR) is 171 cm³/mol. The third-order valence-corrected chi connectivity index (χ3v) is 7.67. The van der Waals surface area contributed by atoms with Crippen LogP contribution in [-0.2, 0) is 0 Å². The zero-order valence-electron chi connectivity index (χ0n) is 26.5. The van der Waals surface area contributed by atoms with Gasteiger partial charge in [0.15, 0.2) is 11.6 Å². The third-order valence-electron chi connectivity index (χ3n) is 7.50. The fourth-order valence-corrected chi connectivity index (χ4v) is 5.66. The van der Waals surface area contributed by atoms with Crippen LogP contribution in [0.4, 0.5) is 0 Å². The summed E-state index contributed by atoms with van der Waals surface area (Å²) in [6.45, 7) is 0. The number of halogens is 1. The highest BCUT2D eigenvalue weighted by Crippen LogP contribution is 2.34. The molecule has 192 valence electrons. The molecule has 0 radical (unpaired) electrons. The quantitative estimate of drug-likeness (QED) is 0.206. The Morgan fingerprint density at radius 2 is 1.00 bits per heavy atom. The van der Waals surface area contributed by atoms with Gasteiger partial charge in [0.25, 0.3) is 0 Å². The predicted octanol–water partition coefficient (Wildman–Crippen LogP) is 10.1. The lowest BCUT2D eigenvalue weighted by molar-refractivity contribution is 1.07. The molecule has 0 fully saturated rings. The summed E-state index contributed by atoms with van der Waals surface area (Å²) in [4.78, 5) is 13.7. The van der Waals surface area contributed by atoms with Crippen LogP contribution in [0.2, 0.25) is 5.28 Å². The summed E-state index contributed by atoms with van der Waals surface area (Å²) in [7, 11) is 0. The van der Waals surface area contributed by atoms with Crippen molar-refractivity contribution in [1.29, 1.82) is 0 Å². The maximum Gasteiger partial charge on any atom is 0.226 e. The molecule has 8 aromatic rings. The van der Waals surface area contributed by atoms with E-state index >= 15 is 0 Å². The summed E-state index contributed by atoms with van der Waals surface area (Å²) >= 11 is 6.46. The highest BCUT2D eigenvalue weighted by molar-refractivity contribution is 6.28. The smallest absolute Gasteiger partial charge is 0.208 e. The van der Waals surface area contributed by atoms with Crippen molar-refractivity contribution < 1.29 is 6.85 Å². The van der Waals surface area contributed by atoms with Gasteiger partial charge < -0.3 is 0 Å². The largest absolute Gasteiger partial charge is 0.226 e. The first-order chi connectivity index (χ1) is 22.3. The van der Waals surface area contributed by atoms with Crippen molar-refractivity contribution in [3.8, 4) is 33.9 Å². The minimum Gasteiger partial charge on any atom is -0.208 e. The van der Waals surface area contributed by atoms with E-state index in [1.54, 1.807) is 6.07 Å². The maximum absolute atomic E-state index is 8.35. The van der Waals surface area contributed by atoms with Crippen LogP contribution in [0, 0.1) is 0 Å². The SMILES string of the molecule is [2H]c1c([2H])c([2H])c(-c2ccc3cc(-c4nc(Cl)nc(-c5ccc6ccc7c8ccccc8ccc7c6c5)n4)ccc3c2)c([2H])c1[2H]. The molecule has 0 aliphatic heterocycles. The van der Waals surface area contributed by atoms with Gasteiger partial charge in [0, 0.05) is 11.1 Å². The van der Waals surface area contributed by atoms with Gasteiger partial charge in [-0.15, -0.1) is 0 Å². The number of aromatic nitrogens is 3. The fourth-order valence-electron chi connectivity index (χ4n) is 5.50. The lowest BCUT2D eigenvalue weighted by atomic mass is 9.96. The van der Waals surface area contributed by atoms with E-state index in [9.17, 15) is 0 Å². The Morgan fingerprint density at radius 1 is 0.439 bits per heavy atom. The molecule has 0 saturated heterocycles. The van der Waals surface area contributed by atoms with E-state index < -0.39 is 6.04 Å². The zero-order valence-corrected chi connectivity index (χ0v) is 22.3. The molecule has 0 N–H and O–H groups in total. The maximum atomic E-state index is 8.35. The third kappa shape index (κ3) is 4.19. The molecule has 0 aliphatic rings. The van der Waals surface area contributed by atoms with Crippen LogP contribution in [0.1, 0.15) is 6.85 Å². The van der Waals surface area contributed by atoms with E-state index in [4.69, 9.17) is 23.4 Å². The van der Waals surface area contributed by atoms with E-state index in [2.05, 4.69) is 64.6 Å². The van der Waals surface area contributed by atoms with Gasteiger partial charge in [-0.3, -0.25) is 0 Å². The van der Waals surface area contributed by atoms with E-state index in [1.165, 1.54) is 16.2 Å². The molecular weight excluding hydrogens is 522 g/mol. The van der Waals surface area contributed by atoms with Crippen LogP contribution >= 0.6 is 11.6 Å². The highest BCUT2D eigenvalue weighted by atomic mass is 35.5. The van der Waals surface area contributed by atoms with E-state index in [0.717, 1.165) is 38.1 Å². The summed E-state index contributed by atoms with van der Waals surface area (Å²) in [5.41, 5.74) is 2.27. The Kier molecular flexibility index (Phi) is 4.42. The summed E-state index contributed by atoms with van der Waals surface area (Å²) in [5, 5.41) is 8.73. The van der Waals surface area contributed by atoms with Gasteiger partial charge in [0.05, 0.1) is 6.85 Å². The molecule has 1 heterocycles. The summed E-state index contributed by atoms with van der Waals surface area (Å²) < 4.78 is 40.7. The van der Waals surface area contributed by atoms with Gasteiger partial charge in [-0.1, -0.05) is 115 Å². The van der Waals surface area contributed by atoms with Gasteiger partial charge in [0.2, 0.25) is 5.28 Å². The van der Waals surface area contributed by atoms with Gasteiger partial charge in [-0.2, -0.15) is 9.97 Å². The van der Waals surface area contributed by atoms with Gasteiger partial charge in [0.1, 0.15) is 0 Å². The number of hydrogen-bond acceptors (Lipinski definition) is 3. The minimum atomic E-state index is -0.412. The molecule has 0 atom stereocenters. The van der Waals surface area contributed by atoms with E-state index in [0.29, 0.717) is 17.2 Å². The van der Waals surface area contributed by atoms with Crippen molar-refractivity contribution in [2.24, 2.45) is 0 Å². The van der Waals surface area contributed by atoms with Crippen molar-refractivity contribution in [2.45, 2.75) is 0 Å². The second-order valence-corrected chi connectivity index (χ2v) is 10.2. The first-order valence-electron chi connectivity index (χ1n) is 15.6. The Morgan fingerprint density at radius 3 is 1.76 bits per heavy atom. The second-order valence-electron chi connectivity index (χ2n) is 9.91. The molecule has 4 heteroatoms. The monoisotopic (exact) mass is 548 g/mol. The Bertz CT molecular complexity index is 2540. The van der Waals surface area contributed by atoms with Gasteiger partial charge >= 0.3 is 0 Å². The molecule has 7 aromatic carbocycles. The van der Waals surface area contributed by atoms with Crippen LogP contribution in [0.3, 0.4) is 0 Å². The minimum absolute atomic E-state index is 0.0839. The van der Waals surface area contributed by atoms with E-state index in [1.807, 2.05) is 42.5 Å². The van der Waals surface area contributed by atoms with Crippen molar-refractivity contribution in [2.75, 3.05) is 0 Å². The first-order valence-corrected chi connectivity index (χ1v) is 13.5. The van der Waals surface area contributed by atoms with Crippen LogP contribution in [0.15, 0.2) is 133 Å². The number of nitrogens with zero attached hydrogens (tertiary/aromatic N) is 3. The fraction of sp³-hybridized carbons (Fsp3) is 0. The molecular formula is C37H22ClN3. The summed E-state index contributed by atoms with van der Waals surface area (Å²) in [6.07, 6.45) is 0. The molecule has 0 unspecified atom stereocenters. The van der Waals surface area contributed by atoms with E-state index in [-0.39, 0.29) is 35.0 Å². The van der Waals surface area contributed by atoms with Crippen molar-refractivity contribution in [3.63, 3.8) is 0 Å². The second kappa shape index (κ2) is 9.51. The van der Waals surface area contributed by atoms with Gasteiger partial charge in [-0.25, -0.2) is 4.98 Å². The summed E-state index contributed by atoms with van der Waals surface area (Å²) in [5.74, 6) is 0.891. The molecule has 8 rings (SSSR count). The number of fused-ring (bicyclic) bond motifs is 6. The van der Waals surface area contributed by atoms with Crippen molar-refractivity contribution >= 4 is 54.7 Å². The van der Waals surface area contributed by atoms with Crippen LogP contribution in [0.25, 0.3) is 77.0 Å². The number of benzene rings is 7. The molecule has 0 spiro atoms. The highest BCUT2D eigenvalue weighted by Gasteiger charge is 2.12. The Hall–Kier alpha value is -5.12. The van der Waals surface area contributed by atoms with Crippen molar-refractivity contribution in [1.82, 2.24) is 15.0 Å². The van der Waals surface area contributed by atoms with Gasteiger partial charge in [-0.05, 0) is 84.0 Å². The van der Waals surface area contributed by atoms with Crippen LogP contribution in [0.5, 0.6) is 0 Å². The molecule has 1 aromatic heterocycles. The topological polar surface area (TPSA) is 38.7 Å². The van der Waals surface area contributed by atoms with Crippen LogP contribution in [-0.4, -0.2) is 15.0 Å². The zero-order chi connectivity index (χ0) is 31.7. The molecule has 0 aliphatic carbocycles. The average Bonchev–Trinajstić information content (AvgIpc) is 3.09. The molecule has 0 bridgehead atoms. The lowest BCUT2D eigenvalue weighted by Gasteiger charge is -2.10. The van der Waals surface area contributed by atoms with Crippen molar-refractivity contribution in [3.05, 3.63) is 139 Å². The molecule has 0 saturated carbocycles. The normalized spacial score (nSPS) is 13.2. The lowest BCUT2D eigenvalue weighted by Crippen LogP contribution is -1.97. The Balaban J connectivity index is 1.20. The van der Waals surface area contributed by atoms with Crippen LogP contribution < -0.4 is 0 Å². The average molecular weight is 549 g/mol. The Labute approximate surface area is 248 Å². The number of hydrogen-bond donors (Lipinski definition) is 0. The number of rotatable bonds is 3.